The molecule has 0 spiro atoms. The molecular formula is C30H37BrClFN4O4S2. The van der Waals surface area contributed by atoms with Crippen LogP contribution in [0.4, 0.5) is 10.1 Å². The Kier molecular flexibility index (Phi) is 12.3. The minimum atomic E-state index is -0.580. The molecule has 13 heteroatoms. The normalized spacial score (nSPS) is 14.3. The van der Waals surface area contributed by atoms with E-state index in [1.54, 1.807) is 9.36 Å². The number of halogens is 3. The Labute approximate surface area is 272 Å². The zero-order valence-electron chi connectivity index (χ0n) is 25.1. The molecule has 0 saturated heterocycles. The van der Waals surface area contributed by atoms with E-state index in [1.807, 2.05) is 65.0 Å². The average Bonchev–Trinajstić information content (AvgIpc) is 3.28. The summed E-state index contributed by atoms with van der Waals surface area (Å²) < 4.78 is 22.3. The van der Waals surface area contributed by atoms with E-state index in [2.05, 4.69) is 31.0 Å². The van der Waals surface area contributed by atoms with Crippen LogP contribution in [0.25, 0.3) is 0 Å². The third kappa shape index (κ3) is 9.54. The second-order valence-corrected chi connectivity index (χ2v) is 14.8. The van der Waals surface area contributed by atoms with E-state index in [0.717, 1.165) is 47.6 Å². The van der Waals surface area contributed by atoms with Crippen LogP contribution < -0.4 is 15.0 Å². The first-order valence-electron chi connectivity index (χ1n) is 13.7. The van der Waals surface area contributed by atoms with Gasteiger partial charge in [0.1, 0.15) is 11.5 Å². The standard InChI is InChI=1S/C15H22BrNO.C15H15ClFN3O3S2/c1-14(2,3)12(16)13(18)17-15(4,5)11-9-7-6-8-10-11;1-23-13(21)8-24-12-7-11(10(17)6-9(12)16)18-14-19-4-2-3-5-20(19)15(22)25-14/h6-10,12H,1-5H3,(H,17,18);6-7H,2-5,8H2,1H3/b;18-14-. The number of methoxy groups -OCH3 is 1. The molecule has 43 heavy (non-hydrogen) atoms. The van der Waals surface area contributed by atoms with Gasteiger partial charge in [0, 0.05) is 18.0 Å². The van der Waals surface area contributed by atoms with Crippen molar-refractivity contribution in [1.29, 1.82) is 0 Å². The maximum Gasteiger partial charge on any atom is 0.325 e. The van der Waals surface area contributed by atoms with Crippen molar-refractivity contribution >= 4 is 68.2 Å². The van der Waals surface area contributed by atoms with Gasteiger partial charge in [0.25, 0.3) is 0 Å². The lowest BCUT2D eigenvalue weighted by atomic mass is 9.89. The van der Waals surface area contributed by atoms with Gasteiger partial charge >= 0.3 is 10.8 Å². The zero-order chi connectivity index (χ0) is 31.9. The van der Waals surface area contributed by atoms with Crippen molar-refractivity contribution in [3.05, 3.63) is 73.3 Å². The van der Waals surface area contributed by atoms with Crippen LogP contribution in [-0.2, 0) is 33.0 Å². The number of nitrogens with zero attached hydrogens (tertiary/aromatic N) is 3. The minimum Gasteiger partial charge on any atom is -0.468 e. The third-order valence-electron chi connectivity index (χ3n) is 6.60. The number of hydrogen-bond acceptors (Lipinski definition) is 7. The summed E-state index contributed by atoms with van der Waals surface area (Å²) in [7, 11) is 1.30. The highest BCUT2D eigenvalue weighted by Gasteiger charge is 2.32. The van der Waals surface area contributed by atoms with Crippen molar-refractivity contribution in [2.45, 2.75) is 75.8 Å². The Morgan fingerprint density at radius 3 is 2.37 bits per heavy atom. The highest BCUT2D eigenvalue weighted by atomic mass is 79.9. The number of esters is 1. The Morgan fingerprint density at radius 1 is 1.14 bits per heavy atom. The van der Waals surface area contributed by atoms with Gasteiger partial charge in [-0.25, -0.2) is 14.1 Å². The van der Waals surface area contributed by atoms with Gasteiger partial charge in [-0.05, 0) is 61.1 Å². The molecule has 1 atom stereocenters. The summed E-state index contributed by atoms with van der Waals surface area (Å²) >= 11 is 11.6. The van der Waals surface area contributed by atoms with Crippen molar-refractivity contribution in [3.63, 3.8) is 0 Å². The number of carbonyl (C=O) groups excluding carboxylic acids is 2. The molecule has 0 fully saturated rings. The molecular weight excluding hydrogens is 679 g/mol. The second-order valence-electron chi connectivity index (χ2n) is 11.5. The number of ether oxygens (including phenoxy) is 1. The van der Waals surface area contributed by atoms with Crippen molar-refractivity contribution in [2.75, 3.05) is 12.9 Å². The van der Waals surface area contributed by atoms with E-state index in [4.69, 9.17) is 11.6 Å². The van der Waals surface area contributed by atoms with Crippen LogP contribution in [-0.4, -0.2) is 38.9 Å². The number of alkyl halides is 1. The molecule has 234 valence electrons. The Bertz CT molecular complexity index is 1560. The summed E-state index contributed by atoms with van der Waals surface area (Å²) in [6, 6.07) is 12.6. The largest absolute Gasteiger partial charge is 0.468 e. The molecule has 8 nitrogen and oxygen atoms in total. The van der Waals surface area contributed by atoms with Crippen LogP contribution >= 0.6 is 50.6 Å². The molecule has 0 saturated carbocycles. The van der Waals surface area contributed by atoms with Gasteiger partial charge in [0.05, 0.1) is 28.3 Å². The summed E-state index contributed by atoms with van der Waals surface area (Å²) in [5.41, 5.74) is 0.721. The SMILES string of the molecule is CC(C)(NC(=O)C(Br)C(C)(C)C)c1ccccc1.COC(=O)CSc1cc(/N=c2\sc(=O)n3n2CCCC3)c(F)cc1Cl. The summed E-state index contributed by atoms with van der Waals surface area (Å²) in [5, 5.41) is 3.29. The Morgan fingerprint density at radius 2 is 1.77 bits per heavy atom. The molecule has 1 amide bonds. The van der Waals surface area contributed by atoms with E-state index in [1.165, 1.54) is 13.2 Å². The van der Waals surface area contributed by atoms with Gasteiger partial charge in [0.15, 0.2) is 0 Å². The van der Waals surface area contributed by atoms with Gasteiger partial charge in [0.2, 0.25) is 10.7 Å². The predicted octanol–water partition coefficient (Wildman–Crippen LogP) is 6.64. The molecule has 1 aliphatic heterocycles. The number of nitrogens with one attached hydrogen (secondary N) is 1. The molecule has 3 aromatic rings. The molecule has 2 aromatic carbocycles. The molecule has 1 aromatic heterocycles. The molecule has 1 aliphatic rings. The number of amides is 1. The maximum atomic E-state index is 14.3. The van der Waals surface area contributed by atoms with Gasteiger partial charge in [-0.1, -0.05) is 78.6 Å². The predicted molar refractivity (Wildman–Crippen MR) is 175 cm³/mol. The van der Waals surface area contributed by atoms with Crippen molar-refractivity contribution in [3.8, 4) is 0 Å². The van der Waals surface area contributed by atoms with E-state index >= 15 is 0 Å². The molecule has 0 radical (unpaired) electrons. The number of thioether (sulfide) groups is 1. The maximum absolute atomic E-state index is 14.3. The van der Waals surface area contributed by atoms with Crippen LogP contribution in [0.3, 0.4) is 0 Å². The number of hydrogen-bond donors (Lipinski definition) is 1. The smallest absolute Gasteiger partial charge is 0.325 e. The molecule has 1 N–H and O–H groups in total. The number of rotatable bonds is 7. The van der Waals surface area contributed by atoms with Crippen LogP contribution in [0.2, 0.25) is 5.02 Å². The van der Waals surface area contributed by atoms with Gasteiger partial charge in [-0.15, -0.1) is 11.8 Å². The average molecular weight is 716 g/mol. The second kappa shape index (κ2) is 15.0. The monoisotopic (exact) mass is 714 g/mol. The summed E-state index contributed by atoms with van der Waals surface area (Å²) in [6.45, 7) is 11.5. The topological polar surface area (TPSA) is 94.7 Å². The van der Waals surface area contributed by atoms with Crippen molar-refractivity contribution in [1.82, 2.24) is 14.7 Å². The van der Waals surface area contributed by atoms with Crippen LogP contribution in [0.5, 0.6) is 0 Å². The van der Waals surface area contributed by atoms with E-state index < -0.39 is 11.8 Å². The first-order valence-corrected chi connectivity index (χ1v) is 16.8. The molecule has 1 unspecified atom stereocenters. The molecule has 2 heterocycles. The number of aromatic nitrogens is 2. The zero-order valence-corrected chi connectivity index (χ0v) is 29.1. The lowest BCUT2D eigenvalue weighted by Crippen LogP contribution is -2.47. The number of carbonyl (C=O) groups is 2. The number of benzene rings is 2. The summed E-state index contributed by atoms with van der Waals surface area (Å²) in [4.78, 5) is 40.5. The summed E-state index contributed by atoms with van der Waals surface area (Å²) in [6.07, 6.45) is 1.90. The fourth-order valence-electron chi connectivity index (χ4n) is 4.12. The minimum absolute atomic E-state index is 0.0244. The molecule has 0 aliphatic carbocycles. The van der Waals surface area contributed by atoms with Crippen LogP contribution in [0.15, 0.2) is 57.1 Å². The van der Waals surface area contributed by atoms with Crippen molar-refractivity contribution in [2.24, 2.45) is 10.4 Å². The first kappa shape index (κ1) is 35.1. The quantitative estimate of drug-likeness (QED) is 0.168. The van der Waals surface area contributed by atoms with Crippen LogP contribution in [0, 0.1) is 11.2 Å². The lowest BCUT2D eigenvalue weighted by Gasteiger charge is -2.31. The molecule has 0 bridgehead atoms. The highest BCUT2D eigenvalue weighted by Crippen LogP contribution is 2.33. The summed E-state index contributed by atoms with van der Waals surface area (Å²) in [5.74, 6) is -0.899. The van der Waals surface area contributed by atoms with Gasteiger partial charge < -0.3 is 10.1 Å². The van der Waals surface area contributed by atoms with E-state index in [-0.39, 0.29) is 43.0 Å². The first-order chi connectivity index (χ1) is 20.1. The van der Waals surface area contributed by atoms with Gasteiger partial charge in [-0.3, -0.25) is 19.1 Å². The number of fused-ring (bicyclic) bond motifs is 1. The van der Waals surface area contributed by atoms with Crippen molar-refractivity contribution < 1.29 is 18.7 Å². The highest BCUT2D eigenvalue weighted by molar-refractivity contribution is 9.10. The van der Waals surface area contributed by atoms with E-state index in [9.17, 15) is 18.8 Å². The van der Waals surface area contributed by atoms with Crippen LogP contribution in [0.1, 0.15) is 53.0 Å². The molecule has 4 rings (SSSR count). The van der Waals surface area contributed by atoms with E-state index in [0.29, 0.717) is 22.8 Å². The fraction of sp³-hybridized carbons (Fsp3) is 0.467. The Balaban J connectivity index is 0.000000250. The fourth-order valence-corrected chi connectivity index (χ4v) is 6.22. The lowest BCUT2D eigenvalue weighted by molar-refractivity contribution is -0.137. The van der Waals surface area contributed by atoms with Gasteiger partial charge in [-0.2, -0.15) is 0 Å². The Hall–Kier alpha value is -2.41. The third-order valence-corrected chi connectivity index (χ3v) is 10.7.